The van der Waals surface area contributed by atoms with Crippen LogP contribution in [0.4, 0.5) is 0 Å². The van der Waals surface area contributed by atoms with Crippen molar-refractivity contribution in [2.75, 3.05) is 13.2 Å². The number of aryl methyl sites for hydroxylation is 1. The lowest BCUT2D eigenvalue weighted by atomic mass is 10.2. The van der Waals surface area contributed by atoms with Crippen molar-refractivity contribution in [1.82, 2.24) is 5.32 Å². The highest BCUT2D eigenvalue weighted by Crippen LogP contribution is 2.28. The molecule has 5 heteroatoms. The average Bonchev–Trinajstić information content (AvgIpc) is 2.67. The second kappa shape index (κ2) is 10.5. The topological polar surface area (TPSA) is 56.8 Å². The molecule has 1 amide bonds. The number of hydrogen-bond acceptors (Lipinski definition) is 4. The maximum Gasteiger partial charge on any atom is 0.261 e. The Morgan fingerprint density at radius 3 is 2.33 bits per heavy atom. The molecule has 0 aliphatic carbocycles. The largest absolute Gasteiger partial charge is 0.490 e. The van der Waals surface area contributed by atoms with Gasteiger partial charge in [-0.05, 0) is 56.5 Å². The molecule has 0 fully saturated rings. The Morgan fingerprint density at radius 1 is 0.963 bits per heavy atom. The molecule has 2 rings (SSSR count). The van der Waals surface area contributed by atoms with Gasteiger partial charge in [-0.15, -0.1) is 0 Å². The monoisotopic (exact) mass is 371 g/mol. The van der Waals surface area contributed by atoms with E-state index >= 15 is 0 Å². The average molecular weight is 371 g/mol. The number of carbonyl (C=O) groups excluding carboxylic acids is 1. The van der Waals surface area contributed by atoms with Crippen LogP contribution in [0.25, 0.3) is 0 Å². The predicted molar refractivity (Wildman–Crippen MR) is 107 cm³/mol. The number of ether oxygens (including phenoxy) is 3. The zero-order chi connectivity index (χ0) is 19.6. The summed E-state index contributed by atoms with van der Waals surface area (Å²) in [6.45, 7) is 9.30. The van der Waals surface area contributed by atoms with Crippen molar-refractivity contribution >= 4 is 5.91 Å². The van der Waals surface area contributed by atoms with Crippen LogP contribution in [-0.4, -0.2) is 25.2 Å². The fourth-order valence-electron chi connectivity index (χ4n) is 2.67. The van der Waals surface area contributed by atoms with E-state index in [1.165, 1.54) is 0 Å². The summed E-state index contributed by atoms with van der Waals surface area (Å²) in [6, 6.07) is 13.4. The van der Waals surface area contributed by atoms with Crippen molar-refractivity contribution in [3.05, 3.63) is 53.6 Å². The van der Waals surface area contributed by atoms with Crippen molar-refractivity contribution in [3.8, 4) is 17.2 Å². The molecule has 27 heavy (non-hydrogen) atoms. The summed E-state index contributed by atoms with van der Waals surface area (Å²) >= 11 is 0. The van der Waals surface area contributed by atoms with Crippen molar-refractivity contribution in [2.24, 2.45) is 0 Å². The second-order valence-corrected chi connectivity index (χ2v) is 6.15. The fraction of sp³-hybridized carbons (Fsp3) is 0.409. The summed E-state index contributed by atoms with van der Waals surface area (Å²) in [7, 11) is 0. The van der Waals surface area contributed by atoms with Crippen molar-refractivity contribution in [3.63, 3.8) is 0 Å². The second-order valence-electron chi connectivity index (χ2n) is 6.15. The van der Waals surface area contributed by atoms with Gasteiger partial charge in [0.1, 0.15) is 5.75 Å². The summed E-state index contributed by atoms with van der Waals surface area (Å²) in [6.07, 6.45) is 0.0633. The molecule has 0 saturated carbocycles. The van der Waals surface area contributed by atoms with E-state index in [4.69, 9.17) is 14.2 Å². The minimum absolute atomic E-state index is 0.132. The first kappa shape index (κ1) is 20.6. The molecule has 0 aliphatic rings. The number of benzene rings is 2. The van der Waals surface area contributed by atoms with Gasteiger partial charge in [-0.25, -0.2) is 0 Å². The third-order valence-corrected chi connectivity index (χ3v) is 4.10. The van der Waals surface area contributed by atoms with Crippen LogP contribution in [0.2, 0.25) is 0 Å². The smallest absolute Gasteiger partial charge is 0.261 e. The first-order chi connectivity index (χ1) is 13.1. The van der Waals surface area contributed by atoms with E-state index in [0.717, 1.165) is 16.9 Å². The van der Waals surface area contributed by atoms with Gasteiger partial charge in [0, 0.05) is 6.54 Å². The molecule has 1 atom stereocenters. The fourth-order valence-corrected chi connectivity index (χ4v) is 2.67. The van der Waals surface area contributed by atoms with E-state index in [-0.39, 0.29) is 5.91 Å². The molecule has 0 heterocycles. The van der Waals surface area contributed by atoms with E-state index in [0.29, 0.717) is 37.7 Å². The van der Waals surface area contributed by atoms with E-state index in [2.05, 4.69) is 5.32 Å². The Labute approximate surface area is 161 Å². The van der Waals surface area contributed by atoms with Gasteiger partial charge >= 0.3 is 0 Å². The zero-order valence-corrected chi connectivity index (χ0v) is 16.6. The van der Waals surface area contributed by atoms with Crippen LogP contribution in [0.3, 0.4) is 0 Å². The summed E-state index contributed by atoms with van der Waals surface area (Å²) in [5, 5.41) is 2.95. The quantitative estimate of drug-likeness (QED) is 0.678. The van der Waals surface area contributed by atoms with Crippen molar-refractivity contribution in [2.45, 2.75) is 46.8 Å². The molecule has 1 N–H and O–H groups in total. The summed E-state index contributed by atoms with van der Waals surface area (Å²) in [5.74, 6) is 2.00. The molecule has 2 aromatic carbocycles. The van der Waals surface area contributed by atoms with Crippen LogP contribution >= 0.6 is 0 Å². The lowest BCUT2D eigenvalue weighted by molar-refractivity contribution is -0.128. The molecule has 2 aromatic rings. The minimum Gasteiger partial charge on any atom is -0.490 e. The van der Waals surface area contributed by atoms with E-state index in [1.807, 2.05) is 70.2 Å². The number of amides is 1. The molecule has 146 valence electrons. The Morgan fingerprint density at radius 2 is 1.67 bits per heavy atom. The first-order valence-electron chi connectivity index (χ1n) is 9.47. The zero-order valence-electron chi connectivity index (χ0n) is 16.6. The highest BCUT2D eigenvalue weighted by Gasteiger charge is 2.19. The third kappa shape index (κ3) is 5.91. The number of rotatable bonds is 10. The van der Waals surface area contributed by atoms with Crippen molar-refractivity contribution < 1.29 is 19.0 Å². The Balaban J connectivity index is 2.00. The highest BCUT2D eigenvalue weighted by molar-refractivity contribution is 5.81. The standard InChI is InChI=1S/C22H29NO4/c1-5-18(27-19-11-9-8-10-16(19)4)22(24)23-15-17-12-13-20(25-6-2)21(14-17)26-7-3/h8-14,18H,5-7,15H2,1-4H3,(H,23,24)/t18-/m0/s1. The number of carbonyl (C=O) groups is 1. The number of para-hydroxylation sites is 1. The van der Waals surface area contributed by atoms with E-state index in [1.54, 1.807) is 0 Å². The number of hydrogen-bond donors (Lipinski definition) is 1. The van der Waals surface area contributed by atoms with Crippen molar-refractivity contribution in [1.29, 1.82) is 0 Å². The summed E-state index contributed by atoms with van der Waals surface area (Å²) < 4.78 is 17.1. The lowest BCUT2D eigenvalue weighted by Gasteiger charge is -2.19. The van der Waals surface area contributed by atoms with Crippen LogP contribution < -0.4 is 19.5 Å². The van der Waals surface area contributed by atoms with Gasteiger partial charge < -0.3 is 19.5 Å². The van der Waals surface area contributed by atoms with Crippen LogP contribution in [0, 0.1) is 6.92 Å². The molecule has 0 saturated heterocycles. The van der Waals surface area contributed by atoms with Crippen LogP contribution in [0.1, 0.15) is 38.3 Å². The summed E-state index contributed by atoms with van der Waals surface area (Å²) in [4.78, 5) is 12.6. The van der Waals surface area contributed by atoms with Gasteiger partial charge in [-0.1, -0.05) is 31.2 Å². The van der Waals surface area contributed by atoms with Gasteiger partial charge in [0.05, 0.1) is 13.2 Å². The maximum atomic E-state index is 12.6. The van der Waals surface area contributed by atoms with Crippen LogP contribution in [-0.2, 0) is 11.3 Å². The van der Waals surface area contributed by atoms with E-state index < -0.39 is 6.10 Å². The molecular weight excluding hydrogens is 342 g/mol. The molecule has 0 bridgehead atoms. The van der Waals surface area contributed by atoms with E-state index in [9.17, 15) is 4.79 Å². The lowest BCUT2D eigenvalue weighted by Crippen LogP contribution is -2.37. The maximum absolute atomic E-state index is 12.6. The SMILES string of the molecule is CCOc1ccc(CNC(=O)[C@H](CC)Oc2ccccc2C)cc1OCC. The molecule has 0 radical (unpaired) electrons. The molecule has 5 nitrogen and oxygen atoms in total. The van der Waals surface area contributed by atoms with Crippen LogP contribution in [0.5, 0.6) is 17.2 Å². The molecular formula is C22H29NO4. The van der Waals surface area contributed by atoms with Crippen LogP contribution in [0.15, 0.2) is 42.5 Å². The van der Waals surface area contributed by atoms with Gasteiger partial charge in [0.15, 0.2) is 17.6 Å². The van der Waals surface area contributed by atoms with Gasteiger partial charge in [0.25, 0.3) is 5.91 Å². The molecule has 0 aromatic heterocycles. The molecule has 0 unspecified atom stereocenters. The minimum atomic E-state index is -0.528. The third-order valence-electron chi connectivity index (χ3n) is 4.10. The predicted octanol–water partition coefficient (Wildman–Crippen LogP) is 4.27. The van der Waals surface area contributed by atoms with Gasteiger partial charge in [0.2, 0.25) is 0 Å². The number of nitrogens with one attached hydrogen (secondary N) is 1. The van der Waals surface area contributed by atoms with Gasteiger partial charge in [-0.3, -0.25) is 4.79 Å². The molecule has 0 aliphatic heterocycles. The Kier molecular flexibility index (Phi) is 7.99. The Hall–Kier alpha value is -2.69. The normalized spacial score (nSPS) is 11.6. The first-order valence-corrected chi connectivity index (χ1v) is 9.47. The highest BCUT2D eigenvalue weighted by atomic mass is 16.5. The summed E-state index contributed by atoms with van der Waals surface area (Å²) in [5.41, 5.74) is 1.96. The van der Waals surface area contributed by atoms with Gasteiger partial charge in [-0.2, -0.15) is 0 Å². The Bertz CT molecular complexity index is 745. The molecule has 0 spiro atoms.